The fourth-order valence-corrected chi connectivity index (χ4v) is 1.38. The number of hydrogen-bond donors (Lipinski definition) is 0. The van der Waals surface area contributed by atoms with Crippen molar-refractivity contribution in [3.63, 3.8) is 0 Å². The second kappa shape index (κ2) is 2.88. The van der Waals surface area contributed by atoms with E-state index < -0.39 is 0 Å². The van der Waals surface area contributed by atoms with Crippen LogP contribution in [0, 0.1) is 13.8 Å². The molecule has 51 valence electrons. The molecule has 0 fully saturated rings. The molecule has 0 N–H and O–H groups in total. The highest BCUT2D eigenvalue weighted by atomic mass is 28.2. The van der Waals surface area contributed by atoms with Gasteiger partial charge in [-0.05, 0) is 19.4 Å². The molecule has 0 saturated carbocycles. The first-order valence-corrected chi connectivity index (χ1v) is 4.10. The lowest BCUT2D eigenvalue weighted by Crippen LogP contribution is -2.10. The minimum atomic E-state index is -0.325. The van der Waals surface area contributed by atoms with Crippen molar-refractivity contribution in [3.05, 3.63) is 29.3 Å². The molecule has 0 aliphatic rings. The van der Waals surface area contributed by atoms with Gasteiger partial charge in [-0.3, -0.25) is 0 Å². The molecule has 0 bridgehead atoms. The summed E-state index contributed by atoms with van der Waals surface area (Å²) in [5, 5.41) is 0.944. The van der Waals surface area contributed by atoms with E-state index in [0.717, 1.165) is 10.8 Å². The summed E-state index contributed by atoms with van der Waals surface area (Å²) in [5.74, 6) is 0. The molecule has 0 aliphatic heterocycles. The first kappa shape index (κ1) is 7.35. The van der Waals surface area contributed by atoms with E-state index in [1.54, 1.807) is 0 Å². The van der Waals surface area contributed by atoms with E-state index in [9.17, 15) is 4.46 Å². The quantitative estimate of drug-likeness (QED) is 0.544. The predicted molar refractivity (Wildman–Crippen MR) is 42.0 cm³/mol. The fraction of sp³-hybridized carbons (Fsp3) is 0.250. The molecule has 0 amide bonds. The van der Waals surface area contributed by atoms with Crippen molar-refractivity contribution in [1.29, 1.82) is 0 Å². The number of hydrogen-bond acceptors (Lipinski definition) is 1. The molecule has 0 aliphatic carbocycles. The summed E-state index contributed by atoms with van der Waals surface area (Å²) in [6.45, 7) is 3.97. The standard InChI is InChI=1S/C8H9OSi/c1-6-3-4-7(2)8(5-6)10-9/h3-5H,1-2H3. The van der Waals surface area contributed by atoms with Crippen molar-refractivity contribution < 1.29 is 4.46 Å². The van der Waals surface area contributed by atoms with Crippen molar-refractivity contribution in [2.24, 2.45) is 0 Å². The van der Waals surface area contributed by atoms with Crippen LogP contribution in [-0.2, 0) is 4.46 Å². The number of aryl methyl sites for hydroxylation is 2. The van der Waals surface area contributed by atoms with E-state index in [0.29, 0.717) is 0 Å². The molecule has 1 nitrogen and oxygen atoms in total. The lowest BCUT2D eigenvalue weighted by molar-refractivity contribution is 0.583. The topological polar surface area (TPSA) is 17.1 Å². The Kier molecular flexibility index (Phi) is 2.12. The summed E-state index contributed by atoms with van der Waals surface area (Å²) in [4.78, 5) is 0. The Morgan fingerprint density at radius 2 is 2.00 bits per heavy atom. The predicted octanol–water partition coefficient (Wildman–Crippen LogP) is 0.978. The minimum absolute atomic E-state index is 0.325. The maximum absolute atomic E-state index is 10.5. The second-order valence-corrected chi connectivity index (χ2v) is 3.16. The Bertz CT molecular complexity index is 255. The Balaban J connectivity index is 3.21. The Labute approximate surface area is 63.0 Å². The van der Waals surface area contributed by atoms with Gasteiger partial charge in [0.1, 0.15) is 0 Å². The van der Waals surface area contributed by atoms with E-state index in [2.05, 4.69) is 0 Å². The zero-order valence-electron chi connectivity index (χ0n) is 6.14. The van der Waals surface area contributed by atoms with Crippen molar-refractivity contribution in [2.75, 3.05) is 0 Å². The molecule has 1 aromatic carbocycles. The average Bonchev–Trinajstić information content (AvgIpc) is 1.94. The molecule has 0 atom stereocenters. The van der Waals surface area contributed by atoms with Crippen LogP contribution < -0.4 is 5.19 Å². The molecular formula is C8H9OSi. The van der Waals surface area contributed by atoms with Gasteiger partial charge in [-0.1, -0.05) is 23.8 Å². The van der Waals surface area contributed by atoms with Gasteiger partial charge in [-0.15, -0.1) is 0 Å². The molecule has 1 radical (unpaired) electrons. The van der Waals surface area contributed by atoms with Crippen molar-refractivity contribution in [3.8, 4) is 0 Å². The normalized spacial score (nSPS) is 9.40. The summed E-state index contributed by atoms with van der Waals surface area (Å²) in [6.07, 6.45) is 0. The van der Waals surface area contributed by atoms with Crippen LogP contribution >= 0.6 is 0 Å². The van der Waals surface area contributed by atoms with Crippen LogP contribution in [0.15, 0.2) is 18.2 Å². The van der Waals surface area contributed by atoms with Gasteiger partial charge in [0.25, 0.3) is 0 Å². The van der Waals surface area contributed by atoms with Gasteiger partial charge in [0.15, 0.2) is 0 Å². The third-order valence-corrected chi connectivity index (χ3v) is 2.26. The molecule has 0 unspecified atom stereocenters. The second-order valence-electron chi connectivity index (χ2n) is 2.42. The lowest BCUT2D eigenvalue weighted by Gasteiger charge is -1.96. The van der Waals surface area contributed by atoms with Crippen LogP contribution in [0.25, 0.3) is 0 Å². The van der Waals surface area contributed by atoms with Gasteiger partial charge in [0.05, 0.1) is 0 Å². The molecule has 10 heavy (non-hydrogen) atoms. The SMILES string of the molecule is Cc1ccc(C)c([Si]=O)c1. The van der Waals surface area contributed by atoms with Crippen LogP contribution in [0.4, 0.5) is 0 Å². The summed E-state index contributed by atoms with van der Waals surface area (Å²) in [6, 6.07) is 5.98. The van der Waals surface area contributed by atoms with Crippen molar-refractivity contribution in [1.82, 2.24) is 0 Å². The first-order valence-electron chi connectivity index (χ1n) is 3.19. The number of benzene rings is 1. The van der Waals surface area contributed by atoms with Gasteiger partial charge in [0, 0.05) is 5.19 Å². The molecule has 1 aromatic rings. The zero-order chi connectivity index (χ0) is 7.56. The minimum Gasteiger partial charge on any atom is -0.378 e. The monoisotopic (exact) mass is 149 g/mol. The maximum atomic E-state index is 10.5. The zero-order valence-corrected chi connectivity index (χ0v) is 7.14. The van der Waals surface area contributed by atoms with Gasteiger partial charge in [0.2, 0.25) is 0 Å². The van der Waals surface area contributed by atoms with E-state index in [-0.39, 0.29) is 9.41 Å². The van der Waals surface area contributed by atoms with Gasteiger partial charge < -0.3 is 4.46 Å². The third-order valence-electron chi connectivity index (χ3n) is 1.50. The highest BCUT2D eigenvalue weighted by Crippen LogP contribution is 1.96. The average molecular weight is 149 g/mol. The van der Waals surface area contributed by atoms with Gasteiger partial charge in [-0.25, -0.2) is 0 Å². The van der Waals surface area contributed by atoms with Crippen LogP contribution in [0.3, 0.4) is 0 Å². The summed E-state index contributed by atoms with van der Waals surface area (Å²) < 4.78 is 10.5. The van der Waals surface area contributed by atoms with Gasteiger partial charge >= 0.3 is 9.41 Å². The molecular weight excluding hydrogens is 140 g/mol. The molecule has 2 heteroatoms. The van der Waals surface area contributed by atoms with E-state index >= 15 is 0 Å². The third kappa shape index (κ3) is 1.39. The highest BCUT2D eigenvalue weighted by molar-refractivity contribution is 6.39. The first-order chi connectivity index (χ1) is 4.74. The Hall–Kier alpha value is -0.763. The largest absolute Gasteiger partial charge is 0.378 e. The molecule has 0 spiro atoms. The summed E-state index contributed by atoms with van der Waals surface area (Å²) in [5.41, 5.74) is 2.28. The molecule has 0 aromatic heterocycles. The maximum Gasteiger partial charge on any atom is 0.365 e. The molecule has 1 rings (SSSR count). The van der Waals surface area contributed by atoms with Crippen LogP contribution in [0.1, 0.15) is 11.1 Å². The van der Waals surface area contributed by atoms with Crippen LogP contribution in [0.5, 0.6) is 0 Å². The smallest absolute Gasteiger partial charge is 0.365 e. The van der Waals surface area contributed by atoms with E-state index in [1.165, 1.54) is 5.56 Å². The van der Waals surface area contributed by atoms with Crippen molar-refractivity contribution in [2.45, 2.75) is 13.8 Å². The Morgan fingerprint density at radius 3 is 2.50 bits per heavy atom. The van der Waals surface area contributed by atoms with E-state index in [4.69, 9.17) is 0 Å². The number of rotatable bonds is 1. The van der Waals surface area contributed by atoms with Crippen LogP contribution in [-0.4, -0.2) is 9.41 Å². The molecule has 0 heterocycles. The highest BCUT2D eigenvalue weighted by Gasteiger charge is 1.96. The van der Waals surface area contributed by atoms with Crippen LogP contribution in [0.2, 0.25) is 0 Å². The molecule has 0 saturated heterocycles. The van der Waals surface area contributed by atoms with E-state index in [1.807, 2.05) is 32.0 Å². The van der Waals surface area contributed by atoms with Gasteiger partial charge in [-0.2, -0.15) is 0 Å². The summed E-state index contributed by atoms with van der Waals surface area (Å²) in [7, 11) is -0.325. The van der Waals surface area contributed by atoms with Crippen molar-refractivity contribution >= 4 is 14.6 Å². The Morgan fingerprint density at radius 1 is 1.30 bits per heavy atom. The lowest BCUT2D eigenvalue weighted by atomic mass is 10.2. The summed E-state index contributed by atoms with van der Waals surface area (Å²) >= 11 is 0. The fourth-order valence-electron chi connectivity index (χ4n) is 0.846.